The van der Waals surface area contributed by atoms with Crippen LogP contribution in [0.2, 0.25) is 0 Å². The van der Waals surface area contributed by atoms with E-state index in [1.54, 1.807) is 54.6 Å². The van der Waals surface area contributed by atoms with E-state index in [0.717, 1.165) is 12.8 Å². The topological polar surface area (TPSA) is 96.9 Å². The molecule has 7 nitrogen and oxygen atoms in total. The van der Waals surface area contributed by atoms with Crippen LogP contribution in [0.3, 0.4) is 0 Å². The number of aliphatic hydroxyl groups is 1. The molecule has 0 fully saturated rings. The van der Waals surface area contributed by atoms with Gasteiger partial charge in [-0.2, -0.15) is 0 Å². The van der Waals surface area contributed by atoms with Crippen molar-refractivity contribution in [2.45, 2.75) is 32.8 Å². The quantitative estimate of drug-likeness (QED) is 0.238. The molecule has 0 heterocycles. The molecular weight excluding hydrogens is 468 g/mol. The van der Waals surface area contributed by atoms with Gasteiger partial charge in [-0.15, -0.1) is 0 Å². The van der Waals surface area contributed by atoms with Crippen LogP contribution in [0, 0.1) is 0 Å². The minimum atomic E-state index is -0.497. The Balaban J connectivity index is 1.61. The van der Waals surface area contributed by atoms with Gasteiger partial charge in [-0.05, 0) is 80.3 Å². The minimum Gasteiger partial charge on any atom is -0.494 e. The van der Waals surface area contributed by atoms with Gasteiger partial charge >= 0.3 is 0 Å². The molecule has 0 saturated heterocycles. The van der Waals surface area contributed by atoms with Crippen LogP contribution < -0.4 is 20.1 Å². The summed E-state index contributed by atoms with van der Waals surface area (Å²) in [5.74, 6) is 0.457. The first-order chi connectivity index (χ1) is 17.9. The fourth-order valence-corrected chi connectivity index (χ4v) is 3.51. The summed E-state index contributed by atoms with van der Waals surface area (Å²) in [5.41, 5.74) is 2.44. The van der Waals surface area contributed by atoms with Crippen molar-refractivity contribution >= 4 is 17.9 Å². The Morgan fingerprint density at radius 3 is 2.24 bits per heavy atom. The van der Waals surface area contributed by atoms with Gasteiger partial charge < -0.3 is 25.2 Å². The van der Waals surface area contributed by atoms with E-state index in [1.165, 1.54) is 5.56 Å². The minimum absolute atomic E-state index is 0.0478. The zero-order chi connectivity index (χ0) is 26.5. The van der Waals surface area contributed by atoms with Gasteiger partial charge in [-0.1, -0.05) is 42.5 Å². The van der Waals surface area contributed by atoms with Crippen molar-refractivity contribution in [3.63, 3.8) is 0 Å². The third-order valence-corrected chi connectivity index (χ3v) is 5.29. The van der Waals surface area contributed by atoms with Gasteiger partial charge in [0.2, 0.25) is 0 Å². The summed E-state index contributed by atoms with van der Waals surface area (Å²) in [5, 5.41) is 14.3. The Morgan fingerprint density at radius 2 is 1.59 bits per heavy atom. The van der Waals surface area contributed by atoms with Crippen molar-refractivity contribution in [3.05, 3.63) is 101 Å². The third-order valence-electron chi connectivity index (χ3n) is 5.29. The molecule has 37 heavy (non-hydrogen) atoms. The summed E-state index contributed by atoms with van der Waals surface area (Å²) < 4.78 is 11.4. The number of rotatable bonds is 13. The highest BCUT2D eigenvalue weighted by Crippen LogP contribution is 2.17. The van der Waals surface area contributed by atoms with Crippen LogP contribution in [-0.2, 0) is 11.2 Å². The second kappa shape index (κ2) is 14.5. The maximum atomic E-state index is 12.9. The molecule has 0 spiro atoms. The smallest absolute Gasteiger partial charge is 0.267 e. The van der Waals surface area contributed by atoms with Crippen LogP contribution in [0.5, 0.6) is 11.5 Å². The fraction of sp³-hybridized carbons (Fsp3) is 0.267. The lowest BCUT2D eigenvalue weighted by Gasteiger charge is -2.12. The number of nitrogens with one attached hydrogen (secondary N) is 2. The monoisotopic (exact) mass is 502 g/mol. The number of carbonyl (C=O) groups excluding carboxylic acids is 2. The first-order valence-corrected chi connectivity index (χ1v) is 12.4. The van der Waals surface area contributed by atoms with Gasteiger partial charge in [-0.3, -0.25) is 9.59 Å². The molecule has 0 radical (unpaired) electrons. The van der Waals surface area contributed by atoms with E-state index >= 15 is 0 Å². The molecule has 3 aromatic carbocycles. The maximum Gasteiger partial charge on any atom is 0.267 e. The number of amides is 2. The molecule has 0 saturated carbocycles. The van der Waals surface area contributed by atoms with Crippen molar-refractivity contribution < 1.29 is 24.2 Å². The molecule has 2 amide bonds. The largest absolute Gasteiger partial charge is 0.494 e. The van der Waals surface area contributed by atoms with Gasteiger partial charge in [0.05, 0.1) is 19.3 Å². The Labute approximate surface area is 218 Å². The normalized spacial score (nSPS) is 11.2. The number of ether oxygens (including phenoxy) is 2. The summed E-state index contributed by atoms with van der Waals surface area (Å²) >= 11 is 0. The average Bonchev–Trinajstić information content (AvgIpc) is 2.91. The summed E-state index contributed by atoms with van der Waals surface area (Å²) in [7, 11) is 0. The number of carbonyl (C=O) groups is 2. The molecule has 0 aromatic heterocycles. The molecule has 0 aliphatic carbocycles. The van der Waals surface area contributed by atoms with Crippen molar-refractivity contribution in [1.82, 2.24) is 10.6 Å². The third kappa shape index (κ3) is 9.46. The summed E-state index contributed by atoms with van der Waals surface area (Å²) in [4.78, 5) is 25.5. The second-order valence-electron chi connectivity index (χ2n) is 8.69. The van der Waals surface area contributed by atoms with Crippen LogP contribution in [0.15, 0.2) is 84.6 Å². The van der Waals surface area contributed by atoms with Crippen molar-refractivity contribution in [1.29, 1.82) is 0 Å². The molecular formula is C30H34N2O5. The van der Waals surface area contributed by atoms with E-state index in [4.69, 9.17) is 14.6 Å². The highest BCUT2D eigenvalue weighted by Gasteiger charge is 2.15. The number of aryl methyl sites for hydroxylation is 1. The number of benzene rings is 3. The van der Waals surface area contributed by atoms with E-state index in [-0.39, 0.29) is 25.0 Å². The van der Waals surface area contributed by atoms with Gasteiger partial charge in [0, 0.05) is 12.1 Å². The van der Waals surface area contributed by atoms with Gasteiger partial charge in [-0.25, -0.2) is 0 Å². The highest BCUT2D eigenvalue weighted by atomic mass is 16.5. The van der Waals surface area contributed by atoms with Crippen LogP contribution in [0.25, 0.3) is 6.08 Å². The average molecular weight is 503 g/mol. The standard InChI is InChI=1S/C30H34N2O5/c1-22(2)37-27-14-10-24(11-15-27)21-28(30(35)31-18-19-33)32-29(34)25-12-16-26(17-13-25)36-20-6-9-23-7-4-3-5-8-23/h3-5,7-8,10-17,21-22,33H,6,9,18-20H2,1-2H3,(H,31,35)(H,32,34)/b28-21-. The molecule has 0 bridgehead atoms. The zero-order valence-electron chi connectivity index (χ0n) is 21.3. The van der Waals surface area contributed by atoms with Gasteiger partial charge in [0.15, 0.2) is 0 Å². The lowest BCUT2D eigenvalue weighted by atomic mass is 10.1. The molecule has 0 unspecified atom stereocenters. The Kier molecular flexibility index (Phi) is 10.7. The fourth-order valence-electron chi connectivity index (χ4n) is 3.51. The Hall–Kier alpha value is -4.10. The van der Waals surface area contributed by atoms with Crippen molar-refractivity contribution in [2.24, 2.45) is 0 Å². The highest BCUT2D eigenvalue weighted by molar-refractivity contribution is 6.05. The van der Waals surface area contributed by atoms with Gasteiger partial charge in [0.1, 0.15) is 17.2 Å². The van der Waals surface area contributed by atoms with E-state index in [1.807, 2.05) is 32.0 Å². The SMILES string of the molecule is CC(C)Oc1ccc(/C=C(\NC(=O)c2ccc(OCCCc3ccccc3)cc2)C(=O)NCCO)cc1. The van der Waals surface area contributed by atoms with Crippen molar-refractivity contribution in [2.75, 3.05) is 19.8 Å². The van der Waals surface area contributed by atoms with Crippen molar-refractivity contribution in [3.8, 4) is 11.5 Å². The molecule has 3 rings (SSSR count). The lowest BCUT2D eigenvalue weighted by Crippen LogP contribution is -2.36. The van der Waals surface area contributed by atoms with E-state index < -0.39 is 11.8 Å². The molecule has 0 atom stereocenters. The molecule has 3 aromatic rings. The van der Waals surface area contributed by atoms with Crippen LogP contribution >= 0.6 is 0 Å². The predicted octanol–water partition coefficient (Wildman–Crippen LogP) is 4.36. The van der Waals surface area contributed by atoms with Crippen LogP contribution in [0.1, 0.15) is 41.8 Å². The maximum absolute atomic E-state index is 12.9. The molecule has 0 aliphatic rings. The second-order valence-corrected chi connectivity index (χ2v) is 8.69. The number of hydrogen-bond donors (Lipinski definition) is 3. The lowest BCUT2D eigenvalue weighted by molar-refractivity contribution is -0.117. The molecule has 3 N–H and O–H groups in total. The van der Waals surface area contributed by atoms with Crippen LogP contribution in [-0.4, -0.2) is 42.8 Å². The number of hydrogen-bond acceptors (Lipinski definition) is 5. The molecule has 0 aliphatic heterocycles. The Morgan fingerprint density at radius 1 is 0.919 bits per heavy atom. The van der Waals surface area contributed by atoms with E-state index in [0.29, 0.717) is 29.2 Å². The first-order valence-electron chi connectivity index (χ1n) is 12.4. The number of aliphatic hydroxyl groups excluding tert-OH is 1. The summed E-state index contributed by atoms with van der Waals surface area (Å²) in [6.45, 7) is 4.32. The van der Waals surface area contributed by atoms with Crippen LogP contribution in [0.4, 0.5) is 0 Å². The zero-order valence-corrected chi connectivity index (χ0v) is 21.3. The molecule has 7 heteroatoms. The Bertz CT molecular complexity index is 1160. The van der Waals surface area contributed by atoms with E-state index in [2.05, 4.69) is 22.8 Å². The summed E-state index contributed by atoms with van der Waals surface area (Å²) in [6.07, 6.45) is 3.44. The molecule has 194 valence electrons. The van der Waals surface area contributed by atoms with E-state index in [9.17, 15) is 9.59 Å². The first kappa shape index (κ1) is 27.5. The summed E-state index contributed by atoms with van der Waals surface area (Å²) in [6, 6.07) is 24.2. The predicted molar refractivity (Wildman–Crippen MR) is 144 cm³/mol. The van der Waals surface area contributed by atoms with Gasteiger partial charge in [0.25, 0.3) is 11.8 Å².